The van der Waals surface area contributed by atoms with Crippen LogP contribution in [-0.2, 0) is 13.2 Å². The largest absolute Gasteiger partial charge is 0.416 e. The zero-order valence-corrected chi connectivity index (χ0v) is 10.8. The Kier molecular flexibility index (Phi) is 3.52. The maximum absolute atomic E-state index is 12.6. The van der Waals surface area contributed by atoms with Gasteiger partial charge in [-0.1, -0.05) is 6.07 Å². The zero-order valence-electron chi connectivity index (χ0n) is 10.8. The van der Waals surface area contributed by atoms with Crippen LogP contribution in [0.1, 0.15) is 21.7 Å². The Morgan fingerprint density at radius 3 is 2.55 bits per heavy atom. The van der Waals surface area contributed by atoms with E-state index in [0.29, 0.717) is 0 Å². The molecule has 0 radical (unpaired) electrons. The van der Waals surface area contributed by atoms with Crippen LogP contribution in [0.25, 0.3) is 0 Å². The van der Waals surface area contributed by atoms with Gasteiger partial charge in [0.25, 0.3) is 5.91 Å². The number of hydrogen-bond acceptors (Lipinski definition) is 2. The molecule has 0 saturated heterocycles. The predicted octanol–water partition coefficient (Wildman–Crippen LogP) is 3.00. The molecule has 0 aliphatic carbocycles. The Bertz CT molecular complexity index is 627. The summed E-state index contributed by atoms with van der Waals surface area (Å²) in [4.78, 5) is 11.9. The third kappa shape index (κ3) is 2.98. The van der Waals surface area contributed by atoms with Crippen LogP contribution in [-0.4, -0.2) is 15.7 Å². The summed E-state index contributed by atoms with van der Waals surface area (Å²) in [5.41, 5.74) is 0.197. The van der Waals surface area contributed by atoms with E-state index in [1.165, 1.54) is 16.8 Å². The van der Waals surface area contributed by atoms with Crippen molar-refractivity contribution in [2.75, 3.05) is 5.32 Å². The number of anilines is 1. The first-order valence-electron chi connectivity index (χ1n) is 5.76. The van der Waals surface area contributed by atoms with Gasteiger partial charge in [-0.3, -0.25) is 9.48 Å². The maximum atomic E-state index is 12.6. The van der Waals surface area contributed by atoms with Crippen molar-refractivity contribution in [3.05, 3.63) is 47.3 Å². The van der Waals surface area contributed by atoms with Crippen LogP contribution in [0.2, 0.25) is 0 Å². The summed E-state index contributed by atoms with van der Waals surface area (Å²) in [6.45, 7) is 1.77. The lowest BCUT2D eigenvalue weighted by atomic mass is 10.2. The SMILES string of the molecule is Cc1cc(C(=O)Nc2cccc(C(F)(F)F)c2)nn1C. The minimum atomic E-state index is -4.44. The van der Waals surface area contributed by atoms with Gasteiger partial charge in [0.1, 0.15) is 0 Å². The van der Waals surface area contributed by atoms with Crippen LogP contribution in [0.15, 0.2) is 30.3 Å². The molecule has 0 saturated carbocycles. The van der Waals surface area contributed by atoms with E-state index in [1.807, 2.05) is 0 Å². The lowest BCUT2D eigenvalue weighted by Crippen LogP contribution is -2.14. The minimum absolute atomic E-state index is 0.0770. The van der Waals surface area contributed by atoms with E-state index in [0.717, 1.165) is 17.8 Å². The fourth-order valence-corrected chi connectivity index (χ4v) is 1.64. The normalized spacial score (nSPS) is 11.4. The van der Waals surface area contributed by atoms with E-state index < -0.39 is 17.6 Å². The highest BCUT2D eigenvalue weighted by Gasteiger charge is 2.30. The summed E-state index contributed by atoms with van der Waals surface area (Å²) in [6.07, 6.45) is -4.44. The van der Waals surface area contributed by atoms with E-state index >= 15 is 0 Å². The summed E-state index contributed by atoms with van der Waals surface area (Å²) in [6, 6.07) is 6.02. The number of aryl methyl sites for hydroxylation is 2. The molecular formula is C13H12F3N3O. The molecule has 0 aliphatic rings. The first-order valence-corrected chi connectivity index (χ1v) is 5.76. The van der Waals surface area contributed by atoms with E-state index in [-0.39, 0.29) is 11.4 Å². The van der Waals surface area contributed by atoms with Crippen molar-refractivity contribution < 1.29 is 18.0 Å². The Labute approximate surface area is 113 Å². The van der Waals surface area contributed by atoms with Crippen LogP contribution >= 0.6 is 0 Å². The van der Waals surface area contributed by atoms with Crippen molar-refractivity contribution >= 4 is 11.6 Å². The van der Waals surface area contributed by atoms with Gasteiger partial charge in [0, 0.05) is 18.4 Å². The molecule has 0 spiro atoms. The second-order valence-corrected chi connectivity index (χ2v) is 4.33. The lowest BCUT2D eigenvalue weighted by molar-refractivity contribution is -0.137. The number of carbonyl (C=O) groups excluding carboxylic acids is 1. The second kappa shape index (κ2) is 4.99. The van der Waals surface area contributed by atoms with Crippen LogP contribution in [0.5, 0.6) is 0 Å². The van der Waals surface area contributed by atoms with E-state index in [4.69, 9.17) is 0 Å². The number of rotatable bonds is 2. The maximum Gasteiger partial charge on any atom is 0.416 e. The van der Waals surface area contributed by atoms with Gasteiger partial charge in [-0.15, -0.1) is 0 Å². The molecular weight excluding hydrogens is 271 g/mol. The van der Waals surface area contributed by atoms with Crippen molar-refractivity contribution in [2.24, 2.45) is 7.05 Å². The molecule has 106 valence electrons. The number of aromatic nitrogens is 2. The fraction of sp³-hybridized carbons (Fsp3) is 0.231. The summed E-state index contributed by atoms with van der Waals surface area (Å²) in [5, 5.41) is 6.36. The topological polar surface area (TPSA) is 46.9 Å². The fourth-order valence-electron chi connectivity index (χ4n) is 1.64. The molecule has 0 fully saturated rings. The molecule has 0 aliphatic heterocycles. The number of halogens is 3. The summed E-state index contributed by atoms with van der Waals surface area (Å²) in [7, 11) is 1.68. The highest BCUT2D eigenvalue weighted by Crippen LogP contribution is 2.30. The molecule has 1 aromatic heterocycles. The highest BCUT2D eigenvalue weighted by molar-refractivity contribution is 6.02. The van der Waals surface area contributed by atoms with Crippen LogP contribution in [0.3, 0.4) is 0 Å². The molecule has 0 unspecified atom stereocenters. The highest BCUT2D eigenvalue weighted by atomic mass is 19.4. The zero-order chi connectivity index (χ0) is 14.9. The summed E-state index contributed by atoms with van der Waals surface area (Å²) >= 11 is 0. The van der Waals surface area contributed by atoms with Gasteiger partial charge in [-0.25, -0.2) is 0 Å². The van der Waals surface area contributed by atoms with Gasteiger partial charge in [-0.05, 0) is 31.2 Å². The van der Waals surface area contributed by atoms with Gasteiger partial charge in [-0.2, -0.15) is 18.3 Å². The van der Waals surface area contributed by atoms with Crippen LogP contribution < -0.4 is 5.32 Å². The Hall–Kier alpha value is -2.31. The van der Waals surface area contributed by atoms with Gasteiger partial charge in [0.2, 0.25) is 0 Å². The van der Waals surface area contributed by atoms with Crippen LogP contribution in [0, 0.1) is 6.92 Å². The van der Waals surface area contributed by atoms with Gasteiger partial charge in [0.15, 0.2) is 5.69 Å². The number of carbonyl (C=O) groups is 1. The second-order valence-electron chi connectivity index (χ2n) is 4.33. The third-order valence-electron chi connectivity index (χ3n) is 2.79. The number of amides is 1. The summed E-state index contributed by atoms with van der Waals surface area (Å²) < 4.78 is 39.2. The molecule has 1 heterocycles. The van der Waals surface area contributed by atoms with Gasteiger partial charge >= 0.3 is 6.18 Å². The molecule has 4 nitrogen and oxygen atoms in total. The van der Waals surface area contributed by atoms with Crippen molar-refractivity contribution in [2.45, 2.75) is 13.1 Å². The van der Waals surface area contributed by atoms with Crippen molar-refractivity contribution in [1.82, 2.24) is 9.78 Å². The van der Waals surface area contributed by atoms with E-state index in [9.17, 15) is 18.0 Å². The molecule has 1 amide bonds. The molecule has 0 bridgehead atoms. The molecule has 2 aromatic rings. The number of benzene rings is 1. The minimum Gasteiger partial charge on any atom is -0.321 e. The molecule has 20 heavy (non-hydrogen) atoms. The Morgan fingerprint density at radius 1 is 1.30 bits per heavy atom. The number of nitrogens with one attached hydrogen (secondary N) is 1. The molecule has 1 aromatic carbocycles. The Balaban J connectivity index is 2.20. The molecule has 7 heteroatoms. The number of hydrogen-bond donors (Lipinski definition) is 1. The third-order valence-corrected chi connectivity index (χ3v) is 2.79. The molecule has 1 N–H and O–H groups in total. The van der Waals surface area contributed by atoms with Crippen molar-refractivity contribution in [3.8, 4) is 0 Å². The van der Waals surface area contributed by atoms with E-state index in [2.05, 4.69) is 10.4 Å². The quantitative estimate of drug-likeness (QED) is 0.921. The van der Waals surface area contributed by atoms with Crippen molar-refractivity contribution in [3.63, 3.8) is 0 Å². The standard InChI is InChI=1S/C13H12F3N3O/c1-8-6-11(18-19(8)2)12(20)17-10-5-3-4-9(7-10)13(14,15)16/h3-7H,1-2H3,(H,17,20). The molecule has 0 atom stereocenters. The smallest absolute Gasteiger partial charge is 0.321 e. The monoisotopic (exact) mass is 283 g/mol. The number of alkyl halides is 3. The molecule has 2 rings (SSSR count). The predicted molar refractivity (Wildman–Crippen MR) is 67.3 cm³/mol. The van der Waals surface area contributed by atoms with Crippen LogP contribution in [0.4, 0.5) is 18.9 Å². The summed E-state index contributed by atoms with van der Waals surface area (Å²) in [5.74, 6) is -0.548. The van der Waals surface area contributed by atoms with E-state index in [1.54, 1.807) is 20.0 Å². The first kappa shape index (κ1) is 14.1. The van der Waals surface area contributed by atoms with Gasteiger partial charge in [0.05, 0.1) is 5.56 Å². The van der Waals surface area contributed by atoms with Gasteiger partial charge < -0.3 is 5.32 Å². The first-order chi connectivity index (χ1) is 9.27. The average molecular weight is 283 g/mol. The van der Waals surface area contributed by atoms with Crippen molar-refractivity contribution in [1.29, 1.82) is 0 Å². The Morgan fingerprint density at radius 2 is 2.00 bits per heavy atom. The average Bonchev–Trinajstić information content (AvgIpc) is 2.69. The lowest BCUT2D eigenvalue weighted by Gasteiger charge is -2.09. The number of nitrogens with zero attached hydrogens (tertiary/aromatic N) is 2.